The molecule has 4 N–H and O–H groups in total. The maximum Gasteiger partial charge on any atom is 0.269 e. The van der Waals surface area contributed by atoms with Crippen molar-refractivity contribution in [1.82, 2.24) is 16.2 Å². The van der Waals surface area contributed by atoms with Crippen LogP contribution in [0.2, 0.25) is 10.0 Å². The Morgan fingerprint density at radius 3 is 2.35 bits per heavy atom. The van der Waals surface area contributed by atoms with E-state index in [0.717, 1.165) is 0 Å². The van der Waals surface area contributed by atoms with Gasteiger partial charge in [-0.3, -0.25) is 25.2 Å². The van der Waals surface area contributed by atoms with Crippen molar-refractivity contribution >= 4 is 63.9 Å². The van der Waals surface area contributed by atoms with E-state index in [1.165, 1.54) is 0 Å². The molecule has 0 saturated heterocycles. The SMILES string of the molecule is CC(C)CC(=O)Nc1ccc(C(=O)NNC(=S)NC(=O)CCCOc2ccc(Cl)cc2Cl)cc1. The summed E-state index contributed by atoms with van der Waals surface area (Å²) < 4.78 is 5.52. The van der Waals surface area contributed by atoms with E-state index in [0.29, 0.717) is 39.9 Å². The minimum Gasteiger partial charge on any atom is -0.492 e. The summed E-state index contributed by atoms with van der Waals surface area (Å²) in [5.74, 6) is -0.140. The number of hydrogen-bond donors (Lipinski definition) is 4. The fourth-order valence-corrected chi connectivity index (χ4v) is 3.33. The monoisotopic (exact) mass is 524 g/mol. The Morgan fingerprint density at radius 2 is 1.71 bits per heavy atom. The Labute approximate surface area is 213 Å². The molecule has 0 aliphatic carbocycles. The standard InChI is InChI=1S/C23H26Cl2N4O4S/c1-14(2)12-21(31)26-17-8-5-15(6-9-17)22(32)28-29-23(34)27-20(30)4-3-11-33-19-10-7-16(24)13-18(19)25/h5-10,13-14H,3-4,11-12H2,1-2H3,(H,26,31)(H,28,32)(H2,27,29,30,34). The summed E-state index contributed by atoms with van der Waals surface area (Å²) >= 11 is 16.9. The van der Waals surface area contributed by atoms with E-state index >= 15 is 0 Å². The highest BCUT2D eigenvalue weighted by Gasteiger charge is 2.10. The summed E-state index contributed by atoms with van der Waals surface area (Å²) in [6, 6.07) is 11.3. The van der Waals surface area contributed by atoms with Crippen LogP contribution in [-0.2, 0) is 9.59 Å². The van der Waals surface area contributed by atoms with Crippen molar-refractivity contribution in [2.24, 2.45) is 5.92 Å². The lowest BCUT2D eigenvalue weighted by Gasteiger charge is -2.12. The molecule has 0 unspecified atom stereocenters. The van der Waals surface area contributed by atoms with Crippen LogP contribution in [0.1, 0.15) is 43.5 Å². The van der Waals surface area contributed by atoms with Crippen molar-refractivity contribution in [1.29, 1.82) is 0 Å². The Kier molecular flexibility index (Phi) is 11.1. The van der Waals surface area contributed by atoms with Crippen LogP contribution in [0.15, 0.2) is 42.5 Å². The number of carbonyl (C=O) groups excluding carboxylic acids is 3. The van der Waals surface area contributed by atoms with Crippen LogP contribution < -0.4 is 26.2 Å². The molecule has 2 aromatic carbocycles. The molecule has 8 nitrogen and oxygen atoms in total. The number of benzene rings is 2. The second kappa shape index (κ2) is 13.7. The van der Waals surface area contributed by atoms with E-state index in [1.54, 1.807) is 42.5 Å². The number of rotatable bonds is 9. The largest absolute Gasteiger partial charge is 0.492 e. The second-order valence-corrected chi connectivity index (χ2v) is 8.96. The maximum absolute atomic E-state index is 12.2. The zero-order valence-corrected chi connectivity index (χ0v) is 21.1. The van der Waals surface area contributed by atoms with Gasteiger partial charge in [0.15, 0.2) is 5.11 Å². The quantitative estimate of drug-likeness (QED) is 0.219. The predicted molar refractivity (Wildman–Crippen MR) is 137 cm³/mol. The van der Waals surface area contributed by atoms with Gasteiger partial charge in [0, 0.05) is 29.1 Å². The molecule has 11 heteroatoms. The normalized spacial score (nSPS) is 10.4. The van der Waals surface area contributed by atoms with Gasteiger partial charge < -0.3 is 15.4 Å². The van der Waals surface area contributed by atoms with Crippen LogP contribution in [0.4, 0.5) is 5.69 Å². The summed E-state index contributed by atoms with van der Waals surface area (Å²) in [4.78, 5) is 36.1. The summed E-state index contributed by atoms with van der Waals surface area (Å²) in [6.07, 6.45) is 1.00. The maximum atomic E-state index is 12.2. The number of ether oxygens (including phenoxy) is 1. The van der Waals surface area contributed by atoms with Gasteiger partial charge in [-0.2, -0.15) is 0 Å². The number of halogens is 2. The van der Waals surface area contributed by atoms with E-state index in [1.807, 2.05) is 13.8 Å². The molecule has 3 amide bonds. The third-order valence-corrected chi connectivity index (χ3v) is 5.00. The number of hydrogen-bond acceptors (Lipinski definition) is 5. The topological polar surface area (TPSA) is 109 Å². The molecule has 2 rings (SSSR count). The fraction of sp³-hybridized carbons (Fsp3) is 0.304. The molecule has 0 bridgehead atoms. The molecule has 0 spiro atoms. The lowest BCUT2D eigenvalue weighted by molar-refractivity contribution is -0.120. The third-order valence-electron chi connectivity index (χ3n) is 4.27. The van der Waals surface area contributed by atoms with E-state index in [2.05, 4.69) is 21.5 Å². The Morgan fingerprint density at radius 1 is 1.00 bits per heavy atom. The lowest BCUT2D eigenvalue weighted by Crippen LogP contribution is -2.48. The molecule has 0 heterocycles. The summed E-state index contributed by atoms with van der Waals surface area (Å²) in [5.41, 5.74) is 5.83. The van der Waals surface area contributed by atoms with Crippen molar-refractivity contribution in [2.75, 3.05) is 11.9 Å². The zero-order chi connectivity index (χ0) is 25.1. The number of nitrogens with one attached hydrogen (secondary N) is 4. The number of thiocarbonyl (C=S) groups is 1. The van der Waals surface area contributed by atoms with Crippen LogP contribution >= 0.6 is 35.4 Å². The number of carbonyl (C=O) groups is 3. The lowest BCUT2D eigenvalue weighted by atomic mass is 10.1. The van der Waals surface area contributed by atoms with E-state index in [4.69, 9.17) is 40.2 Å². The molecule has 2 aromatic rings. The average Bonchev–Trinajstić information content (AvgIpc) is 2.76. The second-order valence-electron chi connectivity index (χ2n) is 7.71. The van der Waals surface area contributed by atoms with Gasteiger partial charge in [-0.05, 0) is 67.0 Å². The fourth-order valence-electron chi connectivity index (χ4n) is 2.70. The molecule has 182 valence electrons. The van der Waals surface area contributed by atoms with Gasteiger partial charge in [-0.25, -0.2) is 0 Å². The summed E-state index contributed by atoms with van der Waals surface area (Å²) in [7, 11) is 0. The molecular formula is C23H26Cl2N4O4S. The molecule has 0 radical (unpaired) electrons. The zero-order valence-electron chi connectivity index (χ0n) is 18.7. The Balaban J connectivity index is 1.67. The van der Waals surface area contributed by atoms with Crippen molar-refractivity contribution in [2.45, 2.75) is 33.1 Å². The van der Waals surface area contributed by atoms with Crippen molar-refractivity contribution in [3.8, 4) is 5.75 Å². The van der Waals surface area contributed by atoms with Gasteiger partial charge in [0.1, 0.15) is 5.75 Å². The molecule has 0 aliphatic rings. The van der Waals surface area contributed by atoms with Crippen molar-refractivity contribution in [3.63, 3.8) is 0 Å². The first-order chi connectivity index (χ1) is 16.1. The molecular weight excluding hydrogens is 499 g/mol. The predicted octanol–water partition coefficient (Wildman–Crippen LogP) is 4.47. The first kappa shape index (κ1) is 27.4. The van der Waals surface area contributed by atoms with Gasteiger partial charge in [0.05, 0.1) is 11.6 Å². The minimum absolute atomic E-state index is 0.0439. The minimum atomic E-state index is -0.454. The van der Waals surface area contributed by atoms with E-state index < -0.39 is 5.91 Å². The molecule has 34 heavy (non-hydrogen) atoms. The van der Waals surface area contributed by atoms with E-state index in [9.17, 15) is 14.4 Å². The van der Waals surface area contributed by atoms with Gasteiger partial charge in [-0.15, -0.1) is 0 Å². The van der Waals surface area contributed by atoms with Gasteiger partial charge in [-0.1, -0.05) is 37.0 Å². The highest BCUT2D eigenvalue weighted by molar-refractivity contribution is 7.80. The van der Waals surface area contributed by atoms with Crippen LogP contribution in [0, 0.1) is 5.92 Å². The molecule has 0 atom stereocenters. The Bertz CT molecular complexity index is 1030. The number of hydrazine groups is 1. The van der Waals surface area contributed by atoms with Gasteiger partial charge in [0.2, 0.25) is 11.8 Å². The molecule has 0 saturated carbocycles. The highest BCUT2D eigenvalue weighted by Crippen LogP contribution is 2.27. The van der Waals surface area contributed by atoms with Crippen LogP contribution in [0.3, 0.4) is 0 Å². The third kappa shape index (κ3) is 9.94. The smallest absolute Gasteiger partial charge is 0.269 e. The first-order valence-corrected chi connectivity index (χ1v) is 11.7. The van der Waals surface area contributed by atoms with Crippen molar-refractivity contribution < 1.29 is 19.1 Å². The van der Waals surface area contributed by atoms with Gasteiger partial charge in [0.25, 0.3) is 5.91 Å². The molecule has 0 fully saturated rings. The summed E-state index contributed by atoms with van der Waals surface area (Å²) in [6.45, 7) is 4.20. The molecule has 0 aromatic heterocycles. The average molecular weight is 525 g/mol. The van der Waals surface area contributed by atoms with E-state index in [-0.39, 0.29) is 35.9 Å². The number of anilines is 1. The Hall–Kier alpha value is -2.88. The first-order valence-electron chi connectivity index (χ1n) is 10.5. The van der Waals surface area contributed by atoms with Gasteiger partial charge >= 0.3 is 0 Å². The van der Waals surface area contributed by atoms with Crippen LogP contribution in [-0.4, -0.2) is 29.4 Å². The van der Waals surface area contributed by atoms with Crippen LogP contribution in [0.25, 0.3) is 0 Å². The molecule has 0 aliphatic heterocycles. The van der Waals surface area contributed by atoms with Crippen molar-refractivity contribution in [3.05, 3.63) is 58.1 Å². The summed E-state index contributed by atoms with van der Waals surface area (Å²) in [5, 5.41) is 6.10. The number of amides is 3. The highest BCUT2D eigenvalue weighted by atomic mass is 35.5. The van der Waals surface area contributed by atoms with Crippen LogP contribution in [0.5, 0.6) is 5.75 Å².